The number of rotatable bonds is 5. The highest BCUT2D eigenvalue weighted by atomic mass is 16.5. The van der Waals surface area contributed by atoms with E-state index in [9.17, 15) is 10.5 Å². The number of hydrogen-bond acceptors (Lipinski definition) is 5. The van der Waals surface area contributed by atoms with Crippen LogP contribution < -0.4 is 9.64 Å². The van der Waals surface area contributed by atoms with Crippen molar-refractivity contribution < 1.29 is 4.74 Å². The molecule has 1 heterocycles. The largest absolute Gasteiger partial charge is 0.494 e. The van der Waals surface area contributed by atoms with Crippen LogP contribution in [0.4, 0.5) is 5.69 Å². The van der Waals surface area contributed by atoms with Crippen LogP contribution in [0.1, 0.15) is 23.6 Å². The number of piperazine rings is 1. The zero-order chi connectivity index (χ0) is 18.4. The molecule has 0 bridgehead atoms. The predicted molar refractivity (Wildman–Crippen MR) is 101 cm³/mol. The summed E-state index contributed by atoms with van der Waals surface area (Å²) in [5.74, 6) is 0.901. The molecule has 0 aliphatic carbocycles. The summed E-state index contributed by atoms with van der Waals surface area (Å²) in [5, 5.41) is 18.7. The summed E-state index contributed by atoms with van der Waals surface area (Å²) in [6.07, 6.45) is 0. The van der Waals surface area contributed by atoms with E-state index in [4.69, 9.17) is 4.74 Å². The van der Waals surface area contributed by atoms with E-state index in [1.807, 2.05) is 19.1 Å². The molecule has 2 aromatic carbocycles. The number of hydrogen-bond donors (Lipinski definition) is 0. The molecule has 0 unspecified atom stereocenters. The number of benzene rings is 2. The SMILES string of the molecule is CCOc1ccc(CN2CCN(c3c(C#N)cccc3C#N)CC2)cc1. The minimum Gasteiger partial charge on any atom is -0.494 e. The molecule has 132 valence electrons. The minimum atomic E-state index is 0.573. The third kappa shape index (κ3) is 3.96. The Labute approximate surface area is 154 Å². The van der Waals surface area contributed by atoms with Crippen LogP contribution in [-0.2, 0) is 6.54 Å². The Kier molecular flexibility index (Phi) is 5.73. The lowest BCUT2D eigenvalue weighted by atomic mass is 10.1. The van der Waals surface area contributed by atoms with Gasteiger partial charge >= 0.3 is 0 Å². The standard InChI is InChI=1S/C21H22N4O/c1-2-26-20-8-6-17(7-9-20)16-24-10-12-25(13-11-24)21-18(14-22)4-3-5-19(21)15-23/h3-9H,2,10-13,16H2,1H3. The molecule has 0 amide bonds. The molecule has 3 rings (SSSR count). The van der Waals surface area contributed by atoms with Gasteiger partial charge in [0.2, 0.25) is 0 Å². The maximum Gasteiger partial charge on any atom is 0.119 e. The summed E-state index contributed by atoms with van der Waals surface area (Å²) < 4.78 is 5.48. The van der Waals surface area contributed by atoms with Crippen molar-refractivity contribution in [2.24, 2.45) is 0 Å². The smallest absolute Gasteiger partial charge is 0.119 e. The molecule has 1 aliphatic rings. The van der Waals surface area contributed by atoms with E-state index in [1.54, 1.807) is 18.2 Å². The van der Waals surface area contributed by atoms with Gasteiger partial charge in [0.05, 0.1) is 23.4 Å². The molecule has 0 radical (unpaired) electrons. The summed E-state index contributed by atoms with van der Waals surface area (Å²) in [5.41, 5.74) is 3.18. The predicted octanol–water partition coefficient (Wildman–Crippen LogP) is 3.15. The van der Waals surface area contributed by atoms with Gasteiger partial charge in [-0.15, -0.1) is 0 Å². The van der Waals surface area contributed by atoms with Crippen LogP contribution in [0.25, 0.3) is 0 Å². The van der Waals surface area contributed by atoms with Crippen LogP contribution in [0.5, 0.6) is 5.75 Å². The Morgan fingerprint density at radius 2 is 1.54 bits per heavy atom. The Morgan fingerprint density at radius 3 is 2.08 bits per heavy atom. The molecule has 26 heavy (non-hydrogen) atoms. The lowest BCUT2D eigenvalue weighted by molar-refractivity contribution is 0.249. The van der Waals surface area contributed by atoms with E-state index >= 15 is 0 Å². The normalized spacial score (nSPS) is 14.5. The van der Waals surface area contributed by atoms with Gasteiger partial charge in [0.1, 0.15) is 17.9 Å². The van der Waals surface area contributed by atoms with Crippen LogP contribution in [0.2, 0.25) is 0 Å². The monoisotopic (exact) mass is 346 g/mol. The number of para-hydroxylation sites is 1. The quantitative estimate of drug-likeness (QED) is 0.832. The highest BCUT2D eigenvalue weighted by Crippen LogP contribution is 2.26. The molecule has 0 saturated carbocycles. The summed E-state index contributed by atoms with van der Waals surface area (Å²) in [7, 11) is 0. The van der Waals surface area contributed by atoms with Crippen molar-refractivity contribution in [2.75, 3.05) is 37.7 Å². The van der Waals surface area contributed by atoms with E-state index < -0.39 is 0 Å². The zero-order valence-electron chi connectivity index (χ0n) is 15.0. The van der Waals surface area contributed by atoms with Gasteiger partial charge in [-0.25, -0.2) is 0 Å². The topological polar surface area (TPSA) is 63.3 Å². The van der Waals surface area contributed by atoms with Crippen LogP contribution in [0, 0.1) is 22.7 Å². The molecule has 0 atom stereocenters. The first-order chi connectivity index (χ1) is 12.7. The zero-order valence-corrected chi connectivity index (χ0v) is 15.0. The van der Waals surface area contributed by atoms with E-state index in [-0.39, 0.29) is 0 Å². The second kappa shape index (κ2) is 8.38. The van der Waals surface area contributed by atoms with Crippen molar-refractivity contribution in [1.29, 1.82) is 10.5 Å². The van der Waals surface area contributed by atoms with Crippen molar-refractivity contribution in [3.8, 4) is 17.9 Å². The minimum absolute atomic E-state index is 0.573. The van der Waals surface area contributed by atoms with Gasteiger partial charge < -0.3 is 9.64 Å². The Balaban J connectivity index is 1.63. The van der Waals surface area contributed by atoms with Crippen LogP contribution in [-0.4, -0.2) is 37.7 Å². The molecule has 5 heteroatoms. The van der Waals surface area contributed by atoms with E-state index in [1.165, 1.54) is 5.56 Å². The Hall–Kier alpha value is -3.02. The summed E-state index contributed by atoms with van der Waals surface area (Å²) in [4.78, 5) is 4.55. The van der Waals surface area contributed by atoms with Gasteiger partial charge in [-0.1, -0.05) is 18.2 Å². The van der Waals surface area contributed by atoms with Gasteiger partial charge in [0.25, 0.3) is 0 Å². The van der Waals surface area contributed by atoms with Crippen molar-refractivity contribution in [1.82, 2.24) is 4.90 Å². The lowest BCUT2D eigenvalue weighted by Crippen LogP contribution is -2.46. The summed E-state index contributed by atoms with van der Waals surface area (Å²) >= 11 is 0. The van der Waals surface area contributed by atoms with Crippen molar-refractivity contribution in [3.05, 3.63) is 59.2 Å². The first-order valence-electron chi connectivity index (χ1n) is 8.87. The van der Waals surface area contributed by atoms with E-state index in [2.05, 4.69) is 34.1 Å². The molecule has 0 spiro atoms. The second-order valence-electron chi connectivity index (χ2n) is 6.27. The van der Waals surface area contributed by atoms with Crippen LogP contribution >= 0.6 is 0 Å². The van der Waals surface area contributed by atoms with Crippen LogP contribution in [0.3, 0.4) is 0 Å². The first-order valence-corrected chi connectivity index (χ1v) is 8.87. The number of nitrogens with zero attached hydrogens (tertiary/aromatic N) is 4. The lowest BCUT2D eigenvalue weighted by Gasteiger charge is -2.36. The molecule has 1 saturated heterocycles. The van der Waals surface area contributed by atoms with Gasteiger partial charge in [-0.05, 0) is 36.8 Å². The van der Waals surface area contributed by atoms with Crippen molar-refractivity contribution >= 4 is 5.69 Å². The van der Waals surface area contributed by atoms with Gasteiger partial charge in [0, 0.05) is 32.7 Å². The average molecular weight is 346 g/mol. The summed E-state index contributed by atoms with van der Waals surface area (Å²) in [6.45, 7) is 6.97. The molecule has 1 aliphatic heterocycles. The first kappa shape index (κ1) is 17.8. The molecule has 0 aromatic heterocycles. The Bertz CT molecular complexity index is 792. The summed E-state index contributed by atoms with van der Waals surface area (Å²) in [6, 6.07) is 18.0. The molecule has 1 fully saturated rings. The second-order valence-corrected chi connectivity index (χ2v) is 6.27. The maximum absolute atomic E-state index is 9.37. The number of anilines is 1. The number of ether oxygens (including phenoxy) is 1. The third-order valence-electron chi connectivity index (χ3n) is 4.61. The molecule has 5 nitrogen and oxygen atoms in total. The van der Waals surface area contributed by atoms with Crippen molar-refractivity contribution in [2.45, 2.75) is 13.5 Å². The van der Waals surface area contributed by atoms with Crippen LogP contribution in [0.15, 0.2) is 42.5 Å². The van der Waals surface area contributed by atoms with E-state index in [0.29, 0.717) is 17.7 Å². The van der Waals surface area contributed by atoms with E-state index in [0.717, 1.165) is 44.2 Å². The Morgan fingerprint density at radius 1 is 0.923 bits per heavy atom. The van der Waals surface area contributed by atoms with Crippen molar-refractivity contribution in [3.63, 3.8) is 0 Å². The average Bonchev–Trinajstić information content (AvgIpc) is 2.69. The highest BCUT2D eigenvalue weighted by molar-refractivity contribution is 5.68. The van der Waals surface area contributed by atoms with Gasteiger partial charge in [-0.2, -0.15) is 10.5 Å². The molecular weight excluding hydrogens is 324 g/mol. The molecule has 2 aromatic rings. The molecular formula is C21H22N4O. The molecule has 0 N–H and O–H groups in total. The number of nitriles is 2. The maximum atomic E-state index is 9.37. The fourth-order valence-electron chi connectivity index (χ4n) is 3.31. The van der Waals surface area contributed by atoms with Gasteiger partial charge in [0.15, 0.2) is 0 Å². The third-order valence-corrected chi connectivity index (χ3v) is 4.61. The highest BCUT2D eigenvalue weighted by Gasteiger charge is 2.21. The fourth-order valence-corrected chi connectivity index (χ4v) is 3.31. The van der Waals surface area contributed by atoms with Gasteiger partial charge in [-0.3, -0.25) is 4.90 Å². The fraction of sp³-hybridized carbons (Fsp3) is 0.333.